The number of carbonyl (C=O) groups excluding carboxylic acids is 2. The summed E-state index contributed by atoms with van der Waals surface area (Å²) in [7, 11) is 0. The first kappa shape index (κ1) is 17.9. The van der Waals surface area contributed by atoms with E-state index in [1.54, 1.807) is 30.0 Å². The third-order valence-electron chi connectivity index (χ3n) is 4.39. The average Bonchev–Trinajstić information content (AvgIpc) is 2.90. The van der Waals surface area contributed by atoms with Crippen molar-refractivity contribution in [1.29, 1.82) is 0 Å². The molecule has 2 heterocycles. The van der Waals surface area contributed by atoms with E-state index in [0.717, 1.165) is 16.0 Å². The van der Waals surface area contributed by atoms with Crippen molar-refractivity contribution >= 4 is 45.0 Å². The predicted octanol–water partition coefficient (Wildman–Crippen LogP) is 2.52. The molecule has 0 saturated carbocycles. The lowest BCUT2D eigenvalue weighted by Crippen LogP contribution is -2.42. The molecule has 6 nitrogen and oxygen atoms in total. The Morgan fingerprint density at radius 1 is 1.32 bits per heavy atom. The number of aromatic nitrogens is 1. The molecular weight excluding hydrogens is 364 g/mol. The normalized spacial score (nSPS) is 15.5. The Morgan fingerprint density at radius 2 is 2.04 bits per heavy atom. The molecule has 2 aromatic rings. The molecule has 1 saturated heterocycles. The van der Waals surface area contributed by atoms with E-state index >= 15 is 0 Å². The number of esters is 1. The highest BCUT2D eigenvalue weighted by molar-refractivity contribution is 7.16. The number of thiazole rings is 1. The second kappa shape index (κ2) is 7.58. The minimum Gasteiger partial charge on any atom is -0.466 e. The SMILES string of the molecule is CCOC(=O)C1CCN(C(=O)Cn2c(=O)sc3ccc(Cl)cc32)CC1. The van der Waals surface area contributed by atoms with Crippen LogP contribution in [0.1, 0.15) is 19.8 Å². The zero-order valence-electron chi connectivity index (χ0n) is 13.9. The van der Waals surface area contributed by atoms with Crippen LogP contribution in [0.15, 0.2) is 23.0 Å². The van der Waals surface area contributed by atoms with Crippen molar-refractivity contribution in [3.63, 3.8) is 0 Å². The fourth-order valence-electron chi connectivity index (χ4n) is 3.04. The van der Waals surface area contributed by atoms with Gasteiger partial charge in [-0.25, -0.2) is 0 Å². The smallest absolute Gasteiger partial charge is 0.309 e. The van der Waals surface area contributed by atoms with E-state index in [1.165, 1.54) is 4.57 Å². The quantitative estimate of drug-likeness (QED) is 0.762. The van der Waals surface area contributed by atoms with Gasteiger partial charge in [-0.2, -0.15) is 0 Å². The molecule has 1 amide bonds. The van der Waals surface area contributed by atoms with E-state index in [4.69, 9.17) is 16.3 Å². The summed E-state index contributed by atoms with van der Waals surface area (Å²) in [4.78, 5) is 38.1. The van der Waals surface area contributed by atoms with E-state index in [9.17, 15) is 14.4 Å². The molecule has 0 atom stereocenters. The summed E-state index contributed by atoms with van der Waals surface area (Å²) < 4.78 is 7.31. The Kier molecular flexibility index (Phi) is 5.44. The van der Waals surface area contributed by atoms with Gasteiger partial charge in [-0.1, -0.05) is 22.9 Å². The fourth-order valence-corrected chi connectivity index (χ4v) is 4.08. The first-order valence-corrected chi connectivity index (χ1v) is 9.42. The van der Waals surface area contributed by atoms with Crippen LogP contribution in [0.5, 0.6) is 0 Å². The highest BCUT2D eigenvalue weighted by atomic mass is 35.5. The van der Waals surface area contributed by atoms with Gasteiger partial charge in [-0.05, 0) is 38.0 Å². The van der Waals surface area contributed by atoms with Crippen LogP contribution in [-0.2, 0) is 20.9 Å². The van der Waals surface area contributed by atoms with Crippen molar-refractivity contribution in [3.8, 4) is 0 Å². The van der Waals surface area contributed by atoms with Gasteiger partial charge in [-0.3, -0.25) is 19.0 Å². The Bertz CT molecular complexity index is 852. The van der Waals surface area contributed by atoms with Gasteiger partial charge in [-0.15, -0.1) is 0 Å². The maximum absolute atomic E-state index is 12.6. The Labute approximate surface area is 153 Å². The lowest BCUT2D eigenvalue weighted by atomic mass is 9.97. The zero-order valence-corrected chi connectivity index (χ0v) is 15.4. The molecule has 1 aromatic carbocycles. The Morgan fingerprint density at radius 3 is 2.72 bits per heavy atom. The van der Waals surface area contributed by atoms with Gasteiger partial charge in [0, 0.05) is 18.1 Å². The number of piperidine rings is 1. The van der Waals surface area contributed by atoms with Crippen molar-refractivity contribution in [2.24, 2.45) is 5.92 Å². The van der Waals surface area contributed by atoms with Crippen LogP contribution in [0, 0.1) is 5.92 Å². The molecule has 8 heteroatoms. The first-order valence-electron chi connectivity index (χ1n) is 8.23. The molecule has 1 aliphatic heterocycles. The fraction of sp³-hybridized carbons (Fsp3) is 0.471. The number of carbonyl (C=O) groups is 2. The van der Waals surface area contributed by atoms with Gasteiger partial charge in [0.1, 0.15) is 6.54 Å². The van der Waals surface area contributed by atoms with Crippen LogP contribution in [0.3, 0.4) is 0 Å². The summed E-state index contributed by atoms with van der Waals surface area (Å²) in [5, 5.41) is 0.529. The standard InChI is InChI=1S/C17H19ClN2O4S/c1-2-24-16(22)11-5-7-19(8-6-11)15(21)10-20-13-9-12(18)3-4-14(13)25-17(20)23/h3-4,9,11H,2,5-8,10H2,1H3. The van der Waals surface area contributed by atoms with Gasteiger partial charge in [0.15, 0.2) is 0 Å². The van der Waals surface area contributed by atoms with E-state index in [0.29, 0.717) is 43.1 Å². The maximum atomic E-state index is 12.6. The molecule has 0 radical (unpaired) electrons. The minimum absolute atomic E-state index is 0.0107. The van der Waals surface area contributed by atoms with E-state index in [2.05, 4.69) is 0 Å². The van der Waals surface area contributed by atoms with Crippen LogP contribution >= 0.6 is 22.9 Å². The second-order valence-corrected chi connectivity index (χ2v) is 7.40. The lowest BCUT2D eigenvalue weighted by Gasteiger charge is -2.31. The predicted molar refractivity (Wildman–Crippen MR) is 97.0 cm³/mol. The van der Waals surface area contributed by atoms with Crippen molar-refractivity contribution in [3.05, 3.63) is 32.9 Å². The van der Waals surface area contributed by atoms with Crippen LogP contribution in [0.4, 0.5) is 0 Å². The molecule has 0 unspecified atom stereocenters. The van der Waals surface area contributed by atoms with Gasteiger partial charge >= 0.3 is 10.8 Å². The molecule has 1 aliphatic rings. The number of benzene rings is 1. The number of fused-ring (bicyclic) bond motifs is 1. The summed E-state index contributed by atoms with van der Waals surface area (Å²) >= 11 is 7.11. The molecule has 134 valence electrons. The van der Waals surface area contributed by atoms with Gasteiger partial charge in [0.25, 0.3) is 0 Å². The molecule has 25 heavy (non-hydrogen) atoms. The van der Waals surface area contributed by atoms with Crippen molar-refractivity contribution in [1.82, 2.24) is 9.47 Å². The van der Waals surface area contributed by atoms with Crippen LogP contribution in [0.25, 0.3) is 10.2 Å². The van der Waals surface area contributed by atoms with E-state index in [-0.39, 0.29) is 29.2 Å². The number of hydrogen-bond donors (Lipinski definition) is 0. The maximum Gasteiger partial charge on any atom is 0.309 e. The van der Waals surface area contributed by atoms with Gasteiger partial charge in [0.2, 0.25) is 5.91 Å². The van der Waals surface area contributed by atoms with Crippen LogP contribution in [0.2, 0.25) is 5.02 Å². The number of nitrogens with zero attached hydrogens (tertiary/aromatic N) is 2. The van der Waals surface area contributed by atoms with Crippen LogP contribution in [-0.4, -0.2) is 41.0 Å². The van der Waals surface area contributed by atoms with Crippen molar-refractivity contribution < 1.29 is 14.3 Å². The summed E-state index contributed by atoms with van der Waals surface area (Å²) in [6.07, 6.45) is 1.19. The molecule has 1 fully saturated rings. The van der Waals surface area contributed by atoms with Crippen molar-refractivity contribution in [2.75, 3.05) is 19.7 Å². The monoisotopic (exact) mass is 382 g/mol. The number of ether oxygens (including phenoxy) is 1. The summed E-state index contributed by atoms with van der Waals surface area (Å²) in [5.41, 5.74) is 0.678. The summed E-state index contributed by atoms with van der Waals surface area (Å²) in [6.45, 7) is 3.14. The van der Waals surface area contributed by atoms with Crippen molar-refractivity contribution in [2.45, 2.75) is 26.3 Å². The second-order valence-electron chi connectivity index (χ2n) is 5.97. The summed E-state index contributed by atoms with van der Waals surface area (Å²) in [6, 6.07) is 5.22. The van der Waals surface area contributed by atoms with E-state index in [1.807, 2.05) is 0 Å². The number of rotatable bonds is 4. The van der Waals surface area contributed by atoms with Crippen LogP contribution < -0.4 is 4.87 Å². The molecule has 0 bridgehead atoms. The Balaban J connectivity index is 1.68. The molecule has 1 aromatic heterocycles. The Hall–Kier alpha value is -1.86. The molecule has 0 aliphatic carbocycles. The van der Waals surface area contributed by atoms with E-state index < -0.39 is 0 Å². The third-order valence-corrected chi connectivity index (χ3v) is 5.59. The molecule has 0 spiro atoms. The third kappa shape index (κ3) is 3.88. The number of halogens is 1. The number of amides is 1. The first-order chi connectivity index (χ1) is 12.0. The zero-order chi connectivity index (χ0) is 18.0. The summed E-state index contributed by atoms with van der Waals surface area (Å²) in [5.74, 6) is -0.458. The average molecular weight is 383 g/mol. The topological polar surface area (TPSA) is 68.6 Å². The lowest BCUT2D eigenvalue weighted by molar-refractivity contribution is -0.151. The largest absolute Gasteiger partial charge is 0.466 e. The van der Waals surface area contributed by atoms with Gasteiger partial charge < -0.3 is 9.64 Å². The highest BCUT2D eigenvalue weighted by Crippen LogP contribution is 2.23. The van der Waals surface area contributed by atoms with Gasteiger partial charge in [0.05, 0.1) is 22.7 Å². The molecular formula is C17H19ClN2O4S. The molecule has 3 rings (SSSR count). The number of hydrogen-bond acceptors (Lipinski definition) is 5. The molecule has 0 N–H and O–H groups in total. The highest BCUT2D eigenvalue weighted by Gasteiger charge is 2.28. The minimum atomic E-state index is -0.190. The number of likely N-dealkylation sites (tertiary alicyclic amines) is 1.